The van der Waals surface area contributed by atoms with Gasteiger partial charge in [-0.1, -0.05) is 13.8 Å². The molecule has 0 bridgehead atoms. The Hall–Kier alpha value is -1.18. The van der Waals surface area contributed by atoms with Gasteiger partial charge < -0.3 is 10.8 Å². The van der Waals surface area contributed by atoms with Gasteiger partial charge in [0.25, 0.3) is 0 Å². The van der Waals surface area contributed by atoms with E-state index >= 15 is 0 Å². The lowest BCUT2D eigenvalue weighted by Crippen LogP contribution is -2.41. The molecule has 4 N–H and O–H groups in total. The average molecular weight is 304 g/mol. The van der Waals surface area contributed by atoms with E-state index in [1.807, 2.05) is 13.8 Å². The molecule has 1 aromatic carbocycles. The summed E-state index contributed by atoms with van der Waals surface area (Å²) in [6.07, 6.45) is 0.459. The Morgan fingerprint density at radius 2 is 2.05 bits per heavy atom. The smallest absolute Gasteiger partial charge is 0.240 e. The van der Waals surface area contributed by atoms with Crippen molar-refractivity contribution < 1.29 is 17.9 Å². The number of benzene rings is 1. The lowest BCUT2D eigenvalue weighted by atomic mass is 9.95. The van der Waals surface area contributed by atoms with Crippen molar-refractivity contribution >= 4 is 15.7 Å². The van der Waals surface area contributed by atoms with E-state index in [2.05, 4.69) is 4.72 Å². The molecule has 0 aliphatic carbocycles. The van der Waals surface area contributed by atoms with Crippen LogP contribution in [0.15, 0.2) is 23.1 Å². The van der Waals surface area contributed by atoms with Gasteiger partial charge >= 0.3 is 0 Å². The number of hydrogen-bond donors (Lipinski definition) is 3. The first-order valence-electron chi connectivity index (χ1n) is 6.30. The molecule has 1 atom stereocenters. The molecule has 1 rings (SSSR count). The maximum Gasteiger partial charge on any atom is 0.240 e. The van der Waals surface area contributed by atoms with Crippen molar-refractivity contribution in [3.63, 3.8) is 0 Å². The van der Waals surface area contributed by atoms with E-state index < -0.39 is 21.4 Å². The second kappa shape index (κ2) is 6.07. The first kappa shape index (κ1) is 16.9. The number of aliphatic hydroxyl groups is 1. The van der Waals surface area contributed by atoms with Crippen LogP contribution in [0.3, 0.4) is 0 Å². The highest BCUT2D eigenvalue weighted by Crippen LogP contribution is 2.19. The Kier molecular flexibility index (Phi) is 5.12. The summed E-state index contributed by atoms with van der Waals surface area (Å²) in [5.41, 5.74) is 3.97. The van der Waals surface area contributed by atoms with E-state index in [0.29, 0.717) is 6.42 Å². The number of rotatable bonds is 6. The third-order valence-electron chi connectivity index (χ3n) is 2.77. The molecule has 0 fully saturated rings. The van der Waals surface area contributed by atoms with Crippen molar-refractivity contribution in [2.24, 2.45) is 5.92 Å². The molecule has 7 heteroatoms. The van der Waals surface area contributed by atoms with Gasteiger partial charge in [-0.3, -0.25) is 0 Å². The van der Waals surface area contributed by atoms with Crippen molar-refractivity contribution in [1.82, 2.24) is 4.72 Å². The second-order valence-corrected chi connectivity index (χ2v) is 7.37. The molecule has 0 aliphatic rings. The van der Waals surface area contributed by atoms with Crippen LogP contribution < -0.4 is 10.5 Å². The second-order valence-electron chi connectivity index (χ2n) is 5.60. The standard InChI is InChI=1S/C13H21FN2O3S/c1-9(2)7-13(3,17)8-16-20(18,19)10-4-5-11(14)12(15)6-10/h4-6,9,16-17H,7-8,15H2,1-3H3. The topological polar surface area (TPSA) is 92.4 Å². The number of nitrogens with one attached hydrogen (secondary N) is 1. The van der Waals surface area contributed by atoms with Gasteiger partial charge in [0.05, 0.1) is 16.2 Å². The summed E-state index contributed by atoms with van der Waals surface area (Å²) in [5.74, 6) is -0.438. The fraction of sp³-hybridized carbons (Fsp3) is 0.538. The zero-order chi connectivity index (χ0) is 15.6. The average Bonchev–Trinajstić information content (AvgIpc) is 2.29. The molecule has 0 saturated carbocycles. The molecule has 1 aromatic rings. The van der Waals surface area contributed by atoms with Gasteiger partial charge in [0.2, 0.25) is 10.0 Å². The van der Waals surface area contributed by atoms with Crippen LogP contribution in [0.2, 0.25) is 0 Å². The van der Waals surface area contributed by atoms with Gasteiger partial charge in [-0.2, -0.15) is 0 Å². The van der Waals surface area contributed by atoms with Crippen LogP contribution in [0.25, 0.3) is 0 Å². The zero-order valence-corrected chi connectivity index (χ0v) is 12.7. The van der Waals surface area contributed by atoms with Crippen LogP contribution in [0.1, 0.15) is 27.2 Å². The number of halogens is 1. The van der Waals surface area contributed by atoms with Crippen LogP contribution in [0.4, 0.5) is 10.1 Å². The maximum absolute atomic E-state index is 13.0. The molecular weight excluding hydrogens is 283 g/mol. The summed E-state index contributed by atoms with van der Waals surface area (Å²) in [4.78, 5) is -0.128. The third-order valence-corrected chi connectivity index (χ3v) is 4.17. The third kappa shape index (κ3) is 4.73. The molecule has 0 amide bonds. The Bertz CT molecular complexity index is 571. The highest BCUT2D eigenvalue weighted by molar-refractivity contribution is 7.89. The number of sulfonamides is 1. The Labute approximate surface area is 119 Å². The summed E-state index contributed by atoms with van der Waals surface area (Å²) in [6.45, 7) is 5.31. The van der Waals surface area contributed by atoms with Crippen LogP contribution >= 0.6 is 0 Å². The van der Waals surface area contributed by atoms with Crippen LogP contribution in [0.5, 0.6) is 0 Å². The number of nitrogens with two attached hydrogens (primary N) is 1. The minimum Gasteiger partial charge on any atom is -0.396 e. The van der Waals surface area contributed by atoms with Crippen molar-refractivity contribution in [3.05, 3.63) is 24.0 Å². The van der Waals surface area contributed by atoms with E-state index in [4.69, 9.17) is 5.73 Å². The van der Waals surface area contributed by atoms with Crippen molar-refractivity contribution in [3.8, 4) is 0 Å². The molecule has 0 heterocycles. The fourth-order valence-corrected chi connectivity index (χ4v) is 3.17. The van der Waals surface area contributed by atoms with Gasteiger partial charge in [-0.15, -0.1) is 0 Å². The number of nitrogen functional groups attached to an aromatic ring is 1. The van der Waals surface area contributed by atoms with Gasteiger partial charge in [-0.25, -0.2) is 17.5 Å². The number of anilines is 1. The SMILES string of the molecule is CC(C)CC(C)(O)CNS(=O)(=O)c1ccc(F)c(N)c1. The summed E-state index contributed by atoms with van der Waals surface area (Å²) in [5, 5.41) is 10.1. The van der Waals surface area contributed by atoms with Crippen LogP contribution in [-0.2, 0) is 10.0 Å². The van der Waals surface area contributed by atoms with E-state index in [1.165, 1.54) is 0 Å². The molecule has 0 spiro atoms. The predicted octanol–water partition coefficient (Wildman–Crippen LogP) is 1.48. The molecule has 5 nitrogen and oxygen atoms in total. The van der Waals surface area contributed by atoms with Crippen LogP contribution in [-0.4, -0.2) is 25.7 Å². The van der Waals surface area contributed by atoms with E-state index in [-0.39, 0.29) is 23.0 Å². The quantitative estimate of drug-likeness (QED) is 0.694. The minimum atomic E-state index is -3.83. The van der Waals surface area contributed by atoms with Gasteiger partial charge in [0.15, 0.2) is 0 Å². The van der Waals surface area contributed by atoms with Gasteiger partial charge in [0.1, 0.15) is 5.82 Å². The highest BCUT2D eigenvalue weighted by atomic mass is 32.2. The van der Waals surface area contributed by atoms with Crippen molar-refractivity contribution in [1.29, 1.82) is 0 Å². The molecule has 114 valence electrons. The summed E-state index contributed by atoms with van der Waals surface area (Å²) >= 11 is 0. The fourth-order valence-electron chi connectivity index (χ4n) is 1.97. The lowest BCUT2D eigenvalue weighted by Gasteiger charge is -2.25. The molecular formula is C13H21FN2O3S. The van der Waals surface area contributed by atoms with E-state index in [0.717, 1.165) is 18.2 Å². The van der Waals surface area contributed by atoms with Gasteiger partial charge in [-0.05, 0) is 37.5 Å². The molecule has 0 saturated heterocycles. The largest absolute Gasteiger partial charge is 0.396 e. The molecule has 0 aliphatic heterocycles. The first-order valence-corrected chi connectivity index (χ1v) is 7.79. The maximum atomic E-state index is 13.0. The van der Waals surface area contributed by atoms with Crippen LogP contribution in [0, 0.1) is 11.7 Å². The van der Waals surface area contributed by atoms with Gasteiger partial charge in [0, 0.05) is 6.54 Å². The van der Waals surface area contributed by atoms with Crippen molar-refractivity contribution in [2.75, 3.05) is 12.3 Å². The summed E-state index contributed by atoms with van der Waals surface area (Å²) in [6, 6.07) is 3.18. The highest BCUT2D eigenvalue weighted by Gasteiger charge is 2.25. The normalized spacial score (nSPS) is 15.3. The number of hydrogen-bond acceptors (Lipinski definition) is 4. The summed E-state index contributed by atoms with van der Waals surface area (Å²) in [7, 11) is -3.83. The monoisotopic (exact) mass is 304 g/mol. The molecule has 1 unspecified atom stereocenters. The Morgan fingerprint density at radius 1 is 1.45 bits per heavy atom. The Morgan fingerprint density at radius 3 is 2.55 bits per heavy atom. The lowest BCUT2D eigenvalue weighted by molar-refractivity contribution is 0.0437. The minimum absolute atomic E-state index is 0.120. The zero-order valence-electron chi connectivity index (χ0n) is 11.9. The van der Waals surface area contributed by atoms with Crippen molar-refractivity contribution in [2.45, 2.75) is 37.7 Å². The molecule has 0 radical (unpaired) electrons. The predicted molar refractivity (Wildman–Crippen MR) is 76.1 cm³/mol. The molecule has 0 aromatic heterocycles. The summed E-state index contributed by atoms with van der Waals surface area (Å²) < 4.78 is 39.4. The van der Waals surface area contributed by atoms with E-state index in [9.17, 15) is 17.9 Å². The Balaban J connectivity index is 2.82. The van der Waals surface area contributed by atoms with E-state index in [1.54, 1.807) is 6.92 Å². The molecule has 20 heavy (non-hydrogen) atoms. The first-order chi connectivity index (χ1) is 9.03.